The van der Waals surface area contributed by atoms with E-state index in [0.717, 1.165) is 38.3 Å². The number of fused-ring (bicyclic) bond motifs is 7. The van der Waals surface area contributed by atoms with Gasteiger partial charge in [-0.1, -0.05) is 82.7 Å². The molecule has 6 rings (SSSR count). The third kappa shape index (κ3) is 4.48. The zero-order chi connectivity index (χ0) is 31.9. The maximum absolute atomic E-state index is 14.2. The second kappa shape index (κ2) is 10.9. The Hall–Kier alpha value is -1.87. The van der Waals surface area contributed by atoms with Crippen LogP contribution in [0.15, 0.2) is 42.5 Å². The maximum atomic E-state index is 14.2. The smallest absolute Gasteiger partial charge is 0.226 e. The van der Waals surface area contributed by atoms with Crippen molar-refractivity contribution >= 4 is 11.5 Å². The maximum Gasteiger partial charge on any atom is 0.226 e. The Kier molecular flexibility index (Phi) is 7.91. The van der Waals surface area contributed by atoms with Gasteiger partial charge in [-0.25, -0.2) is 0 Å². The van der Waals surface area contributed by atoms with E-state index in [-0.39, 0.29) is 16.2 Å². The number of rotatable bonds is 6. The number of hydrogen-bond acceptors (Lipinski definition) is 2. The number of amides is 1. The van der Waals surface area contributed by atoms with Crippen LogP contribution in [0.4, 0.5) is 0 Å². The van der Waals surface area contributed by atoms with Crippen LogP contribution in [0.25, 0.3) is 5.57 Å². The molecule has 0 unspecified atom stereocenters. The molecule has 44 heavy (non-hydrogen) atoms. The Labute approximate surface area is 269 Å². The molecule has 5 aliphatic rings. The molecule has 242 valence electrons. The first kappa shape index (κ1) is 32.1. The number of hydrogen-bond donors (Lipinski definition) is 1. The van der Waals surface area contributed by atoms with Crippen LogP contribution in [0.2, 0.25) is 0 Å². The van der Waals surface area contributed by atoms with Gasteiger partial charge in [0, 0.05) is 13.1 Å². The number of nitrogens with one attached hydrogen (secondary N) is 1. The lowest BCUT2D eigenvalue weighted by atomic mass is 9.32. The average Bonchev–Trinajstić information content (AvgIpc) is 3.35. The number of carbonyl (C=O) groups excluding carboxylic acids is 1. The molecule has 0 radical (unpaired) electrons. The minimum atomic E-state index is -0.219. The quantitative estimate of drug-likeness (QED) is 0.331. The first-order valence-corrected chi connectivity index (χ1v) is 18.0. The lowest BCUT2D eigenvalue weighted by molar-refractivity contribution is -0.225. The van der Waals surface area contributed by atoms with Gasteiger partial charge in [0.1, 0.15) is 0 Å². The van der Waals surface area contributed by atoms with Crippen LogP contribution >= 0.6 is 0 Å². The van der Waals surface area contributed by atoms with Crippen LogP contribution in [0.3, 0.4) is 0 Å². The molecule has 1 aromatic rings. The van der Waals surface area contributed by atoms with Crippen LogP contribution in [0.5, 0.6) is 0 Å². The lowest BCUT2D eigenvalue weighted by Gasteiger charge is -2.72. The van der Waals surface area contributed by atoms with Gasteiger partial charge < -0.3 is 10.2 Å². The van der Waals surface area contributed by atoms with Crippen molar-refractivity contribution in [2.45, 2.75) is 106 Å². The molecule has 9 atom stereocenters. The highest BCUT2D eigenvalue weighted by molar-refractivity contribution is 5.84. The number of aryl methyl sites for hydroxylation is 1. The highest BCUT2D eigenvalue weighted by atomic mass is 16.2. The molecule has 5 aliphatic carbocycles. The van der Waals surface area contributed by atoms with E-state index in [1.54, 1.807) is 5.57 Å². The van der Waals surface area contributed by atoms with Crippen molar-refractivity contribution in [2.75, 3.05) is 27.2 Å². The van der Waals surface area contributed by atoms with Gasteiger partial charge in [0.15, 0.2) is 0 Å². The second-order valence-corrected chi connectivity index (χ2v) is 17.8. The third-order valence-corrected chi connectivity index (χ3v) is 15.3. The normalized spacial score (nSPS) is 42.4. The van der Waals surface area contributed by atoms with Gasteiger partial charge in [0.05, 0.1) is 5.41 Å². The Morgan fingerprint density at radius 1 is 0.909 bits per heavy atom. The molecule has 0 saturated heterocycles. The molecule has 0 bridgehead atoms. The highest BCUT2D eigenvalue weighted by Gasteiger charge is 2.71. The van der Waals surface area contributed by atoms with E-state index < -0.39 is 0 Å². The number of nitrogens with zero attached hydrogens (tertiary/aromatic N) is 1. The number of likely N-dealkylation sites (N-methyl/N-ethyl adjacent to an activating group) is 1. The summed E-state index contributed by atoms with van der Waals surface area (Å²) < 4.78 is 0. The standard InChI is InChI=1S/C41H62N2O/c1-27(2)30-17-22-41(36(44)42-25-26-43(9)10)24-23-39(7)32(35(30)41)15-16-34-38(6)20-18-31(29-13-11-28(3)12-14-29)37(4,5)33(38)19-21-40(34,39)8/h11-14,18,30,32-35H,1,15-17,19-26H2,2-10H3,(H,42,44)/t30-,32+,33-,34+,35+,38-,39+,40+,41-/m0/s1. The van der Waals surface area contributed by atoms with Crippen LogP contribution in [0, 0.1) is 63.6 Å². The minimum absolute atomic E-state index is 0.157. The van der Waals surface area contributed by atoms with E-state index >= 15 is 0 Å². The molecule has 0 aromatic heterocycles. The molecule has 1 amide bonds. The molecule has 0 aliphatic heterocycles. The van der Waals surface area contributed by atoms with Crippen LogP contribution in [-0.2, 0) is 4.79 Å². The van der Waals surface area contributed by atoms with Crippen LogP contribution in [0.1, 0.15) is 110 Å². The van der Waals surface area contributed by atoms with Crippen molar-refractivity contribution in [1.29, 1.82) is 0 Å². The summed E-state index contributed by atoms with van der Waals surface area (Å²) in [4.78, 5) is 16.4. The van der Waals surface area contributed by atoms with E-state index in [1.807, 2.05) is 0 Å². The summed E-state index contributed by atoms with van der Waals surface area (Å²) in [7, 11) is 4.18. The Bertz CT molecular complexity index is 1320. The number of carbonyl (C=O) groups is 1. The van der Waals surface area contributed by atoms with Gasteiger partial charge in [0.2, 0.25) is 5.91 Å². The van der Waals surface area contributed by atoms with Gasteiger partial charge in [-0.15, -0.1) is 0 Å². The highest BCUT2D eigenvalue weighted by Crippen LogP contribution is 2.77. The van der Waals surface area contributed by atoms with Crippen molar-refractivity contribution in [3.05, 3.63) is 53.6 Å². The first-order valence-electron chi connectivity index (χ1n) is 18.0. The summed E-state index contributed by atoms with van der Waals surface area (Å²) in [6.45, 7) is 23.8. The lowest BCUT2D eigenvalue weighted by Crippen LogP contribution is -2.66. The van der Waals surface area contributed by atoms with E-state index in [9.17, 15) is 4.79 Å². The van der Waals surface area contributed by atoms with Gasteiger partial charge in [0.25, 0.3) is 0 Å². The van der Waals surface area contributed by atoms with Gasteiger partial charge >= 0.3 is 0 Å². The van der Waals surface area contributed by atoms with Crippen LogP contribution in [-0.4, -0.2) is 38.0 Å². The summed E-state index contributed by atoms with van der Waals surface area (Å²) in [6, 6.07) is 9.28. The summed E-state index contributed by atoms with van der Waals surface area (Å²) in [5, 5.41) is 3.44. The molecule has 3 heteroatoms. The second-order valence-electron chi connectivity index (χ2n) is 17.8. The number of benzene rings is 1. The largest absolute Gasteiger partial charge is 0.354 e. The molecule has 1 aromatic carbocycles. The zero-order valence-electron chi connectivity index (χ0n) is 29.6. The fraction of sp³-hybridized carbons (Fsp3) is 0.732. The minimum Gasteiger partial charge on any atom is -0.354 e. The monoisotopic (exact) mass is 598 g/mol. The Balaban J connectivity index is 1.34. The molecule has 3 nitrogen and oxygen atoms in total. The third-order valence-electron chi connectivity index (χ3n) is 15.3. The van der Waals surface area contributed by atoms with Crippen molar-refractivity contribution < 1.29 is 4.79 Å². The summed E-state index contributed by atoms with van der Waals surface area (Å²) >= 11 is 0. The summed E-state index contributed by atoms with van der Waals surface area (Å²) in [5.41, 5.74) is 6.44. The van der Waals surface area contributed by atoms with E-state index in [0.29, 0.717) is 40.4 Å². The van der Waals surface area contributed by atoms with E-state index in [1.165, 1.54) is 55.2 Å². The van der Waals surface area contributed by atoms with E-state index in [4.69, 9.17) is 0 Å². The van der Waals surface area contributed by atoms with Crippen molar-refractivity contribution in [3.8, 4) is 0 Å². The average molecular weight is 599 g/mol. The van der Waals surface area contributed by atoms with Gasteiger partial charge in [-0.3, -0.25) is 4.79 Å². The number of allylic oxidation sites excluding steroid dienone is 3. The molecule has 4 saturated carbocycles. The predicted molar refractivity (Wildman–Crippen MR) is 185 cm³/mol. The molecular weight excluding hydrogens is 536 g/mol. The zero-order valence-corrected chi connectivity index (χ0v) is 29.6. The summed E-state index contributed by atoms with van der Waals surface area (Å²) in [6.07, 6.45) is 13.5. The molecule has 0 spiro atoms. The molecular formula is C41H62N2O. The molecule has 4 fully saturated rings. The van der Waals surface area contributed by atoms with Crippen molar-refractivity contribution in [1.82, 2.24) is 10.2 Å². The Morgan fingerprint density at radius 3 is 2.27 bits per heavy atom. The fourth-order valence-electron chi connectivity index (χ4n) is 12.9. The predicted octanol–water partition coefficient (Wildman–Crippen LogP) is 9.32. The van der Waals surface area contributed by atoms with Crippen molar-refractivity contribution in [2.24, 2.45) is 56.7 Å². The van der Waals surface area contributed by atoms with Gasteiger partial charge in [-0.2, -0.15) is 0 Å². The molecule has 0 heterocycles. The van der Waals surface area contributed by atoms with Crippen LogP contribution < -0.4 is 5.32 Å². The van der Waals surface area contributed by atoms with E-state index in [2.05, 4.69) is 110 Å². The fourth-order valence-corrected chi connectivity index (χ4v) is 12.9. The first-order chi connectivity index (χ1) is 20.6. The molecule has 1 N–H and O–H groups in total. The van der Waals surface area contributed by atoms with Crippen molar-refractivity contribution in [3.63, 3.8) is 0 Å². The SMILES string of the molecule is C=C(C)[C@@H]1CC[C@]2(C(=O)NCCN(C)C)CC[C@]3(C)[C@H](CC[C@@H]4[C@@]5(C)CC=C(c6ccc(C)cc6)C(C)(C)[C@@H]5CC[C@]43C)[C@@H]12. The summed E-state index contributed by atoms with van der Waals surface area (Å²) in [5.74, 6) is 3.25. The Morgan fingerprint density at radius 2 is 1.61 bits per heavy atom. The van der Waals surface area contributed by atoms with Gasteiger partial charge in [-0.05, 0) is 148 Å². The topological polar surface area (TPSA) is 32.3 Å².